The standard InChI is InChI=1S/C13H17BrN2O3/c1-8-9(14)5-4-6-10(8)15-12(19)16-13(2,3)7-11(17)18/h4-6H,7H2,1-3H3,(H,17,18)(H2,15,16,19). The van der Waals surface area contributed by atoms with Gasteiger partial charge in [-0.2, -0.15) is 0 Å². The molecule has 6 heteroatoms. The Morgan fingerprint density at radius 1 is 1.37 bits per heavy atom. The number of rotatable bonds is 4. The Balaban J connectivity index is 2.70. The van der Waals surface area contributed by atoms with Crippen LogP contribution in [-0.2, 0) is 4.79 Å². The van der Waals surface area contributed by atoms with Gasteiger partial charge in [0.1, 0.15) is 0 Å². The first-order chi connectivity index (χ1) is 8.71. The fourth-order valence-electron chi connectivity index (χ4n) is 1.63. The van der Waals surface area contributed by atoms with Crippen molar-refractivity contribution >= 4 is 33.6 Å². The summed E-state index contributed by atoms with van der Waals surface area (Å²) in [6.45, 7) is 5.20. The molecular formula is C13H17BrN2O3. The maximum atomic E-state index is 11.8. The number of carboxylic acids is 1. The normalized spacial score (nSPS) is 10.9. The molecule has 0 bridgehead atoms. The van der Waals surface area contributed by atoms with Gasteiger partial charge in [-0.25, -0.2) is 4.79 Å². The summed E-state index contributed by atoms with van der Waals surface area (Å²) in [6, 6.07) is 5.05. The maximum Gasteiger partial charge on any atom is 0.319 e. The first-order valence-corrected chi connectivity index (χ1v) is 6.56. The molecule has 104 valence electrons. The van der Waals surface area contributed by atoms with Gasteiger partial charge < -0.3 is 15.7 Å². The summed E-state index contributed by atoms with van der Waals surface area (Å²) in [5.74, 6) is -0.955. The molecule has 1 aromatic carbocycles. The van der Waals surface area contributed by atoms with Crippen LogP contribution in [0.15, 0.2) is 22.7 Å². The minimum absolute atomic E-state index is 0.141. The summed E-state index contributed by atoms with van der Waals surface area (Å²) in [7, 11) is 0. The van der Waals surface area contributed by atoms with Crippen molar-refractivity contribution in [3.05, 3.63) is 28.2 Å². The van der Waals surface area contributed by atoms with Crippen molar-refractivity contribution in [2.45, 2.75) is 32.7 Å². The Morgan fingerprint density at radius 2 is 2.00 bits per heavy atom. The van der Waals surface area contributed by atoms with Crippen LogP contribution < -0.4 is 10.6 Å². The first-order valence-electron chi connectivity index (χ1n) is 5.77. The van der Waals surface area contributed by atoms with Gasteiger partial charge >= 0.3 is 12.0 Å². The van der Waals surface area contributed by atoms with E-state index >= 15 is 0 Å². The Morgan fingerprint density at radius 3 is 2.58 bits per heavy atom. The summed E-state index contributed by atoms with van der Waals surface area (Å²) >= 11 is 3.38. The van der Waals surface area contributed by atoms with E-state index in [0.29, 0.717) is 5.69 Å². The minimum atomic E-state index is -0.955. The van der Waals surface area contributed by atoms with Crippen LogP contribution in [-0.4, -0.2) is 22.6 Å². The highest BCUT2D eigenvalue weighted by Crippen LogP contribution is 2.23. The number of benzene rings is 1. The van der Waals surface area contributed by atoms with E-state index in [1.165, 1.54) is 0 Å². The van der Waals surface area contributed by atoms with Crippen molar-refractivity contribution in [2.75, 3.05) is 5.32 Å². The third kappa shape index (κ3) is 4.90. The fourth-order valence-corrected chi connectivity index (χ4v) is 1.99. The van der Waals surface area contributed by atoms with Crippen LogP contribution in [0.2, 0.25) is 0 Å². The highest BCUT2D eigenvalue weighted by atomic mass is 79.9. The monoisotopic (exact) mass is 328 g/mol. The minimum Gasteiger partial charge on any atom is -0.481 e. The first kappa shape index (κ1) is 15.5. The topological polar surface area (TPSA) is 78.4 Å². The molecule has 0 aliphatic rings. The van der Waals surface area contributed by atoms with Gasteiger partial charge in [0, 0.05) is 15.7 Å². The number of carbonyl (C=O) groups excluding carboxylic acids is 1. The van der Waals surface area contributed by atoms with E-state index in [4.69, 9.17) is 5.11 Å². The van der Waals surface area contributed by atoms with Crippen molar-refractivity contribution in [3.8, 4) is 0 Å². The van der Waals surface area contributed by atoms with Gasteiger partial charge in [-0.3, -0.25) is 4.79 Å². The molecule has 19 heavy (non-hydrogen) atoms. The second-order valence-corrected chi connectivity index (χ2v) is 5.80. The fraction of sp³-hybridized carbons (Fsp3) is 0.385. The number of nitrogens with one attached hydrogen (secondary N) is 2. The summed E-state index contributed by atoms with van der Waals surface area (Å²) in [5.41, 5.74) is 0.780. The lowest BCUT2D eigenvalue weighted by Gasteiger charge is -2.24. The molecule has 0 aromatic heterocycles. The molecule has 0 aliphatic carbocycles. The van der Waals surface area contributed by atoms with Gasteiger partial charge in [0.2, 0.25) is 0 Å². The Hall–Kier alpha value is -1.56. The molecule has 2 amide bonds. The molecule has 0 aliphatic heterocycles. The number of aliphatic carboxylic acids is 1. The van der Waals surface area contributed by atoms with Crippen LogP contribution in [0.5, 0.6) is 0 Å². The number of carboxylic acid groups (broad SMARTS) is 1. The average Bonchev–Trinajstić information content (AvgIpc) is 2.21. The van der Waals surface area contributed by atoms with Crippen LogP contribution in [0.4, 0.5) is 10.5 Å². The zero-order chi connectivity index (χ0) is 14.6. The summed E-state index contributed by atoms with van der Waals surface area (Å²) in [6.07, 6.45) is -0.141. The SMILES string of the molecule is Cc1c(Br)cccc1NC(=O)NC(C)(C)CC(=O)O. The number of hydrogen-bond donors (Lipinski definition) is 3. The number of amides is 2. The molecule has 0 atom stereocenters. The Labute approximate surface area is 120 Å². The van der Waals surface area contributed by atoms with Gasteiger partial charge in [0.05, 0.1) is 6.42 Å². The largest absolute Gasteiger partial charge is 0.481 e. The van der Waals surface area contributed by atoms with E-state index in [9.17, 15) is 9.59 Å². The lowest BCUT2D eigenvalue weighted by atomic mass is 10.0. The molecule has 0 spiro atoms. The predicted molar refractivity (Wildman–Crippen MR) is 77.4 cm³/mol. The van der Waals surface area contributed by atoms with E-state index in [0.717, 1.165) is 10.0 Å². The van der Waals surface area contributed by atoms with Gasteiger partial charge in [0.25, 0.3) is 0 Å². The number of urea groups is 1. The van der Waals surface area contributed by atoms with Gasteiger partial charge in [-0.15, -0.1) is 0 Å². The second kappa shape index (κ2) is 6.06. The van der Waals surface area contributed by atoms with E-state index < -0.39 is 17.5 Å². The quantitative estimate of drug-likeness (QED) is 0.794. The van der Waals surface area contributed by atoms with Crippen molar-refractivity contribution in [1.29, 1.82) is 0 Å². The van der Waals surface area contributed by atoms with Crippen molar-refractivity contribution in [1.82, 2.24) is 5.32 Å². The van der Waals surface area contributed by atoms with E-state index in [1.807, 2.05) is 19.1 Å². The second-order valence-electron chi connectivity index (χ2n) is 4.95. The number of anilines is 1. The summed E-state index contributed by atoms with van der Waals surface area (Å²) < 4.78 is 0.898. The molecule has 0 unspecified atom stereocenters. The highest BCUT2D eigenvalue weighted by Gasteiger charge is 2.24. The van der Waals surface area contributed by atoms with Gasteiger partial charge in [0.15, 0.2) is 0 Å². The van der Waals surface area contributed by atoms with E-state index in [-0.39, 0.29) is 6.42 Å². The van der Waals surface area contributed by atoms with Crippen molar-refractivity contribution in [2.24, 2.45) is 0 Å². The highest BCUT2D eigenvalue weighted by molar-refractivity contribution is 9.10. The zero-order valence-electron chi connectivity index (χ0n) is 11.1. The number of carbonyl (C=O) groups is 2. The number of halogens is 1. The van der Waals surface area contributed by atoms with Crippen LogP contribution >= 0.6 is 15.9 Å². The van der Waals surface area contributed by atoms with E-state index in [2.05, 4.69) is 26.6 Å². The van der Waals surface area contributed by atoms with Crippen LogP contribution in [0.1, 0.15) is 25.8 Å². The lowest BCUT2D eigenvalue weighted by Crippen LogP contribution is -2.46. The van der Waals surface area contributed by atoms with Crippen LogP contribution in [0.3, 0.4) is 0 Å². The Kier molecular flexibility index (Phi) is 4.94. The van der Waals surface area contributed by atoms with Crippen molar-refractivity contribution < 1.29 is 14.7 Å². The third-order valence-electron chi connectivity index (χ3n) is 2.56. The lowest BCUT2D eigenvalue weighted by molar-refractivity contribution is -0.138. The zero-order valence-corrected chi connectivity index (χ0v) is 12.7. The molecule has 0 fully saturated rings. The average molecular weight is 329 g/mol. The molecule has 0 radical (unpaired) electrons. The maximum absolute atomic E-state index is 11.8. The molecule has 0 saturated carbocycles. The van der Waals surface area contributed by atoms with Crippen LogP contribution in [0.25, 0.3) is 0 Å². The Bertz CT molecular complexity index is 501. The molecule has 5 nitrogen and oxygen atoms in total. The summed E-state index contributed by atoms with van der Waals surface area (Å²) in [5, 5.41) is 14.1. The van der Waals surface area contributed by atoms with Gasteiger partial charge in [-0.1, -0.05) is 22.0 Å². The van der Waals surface area contributed by atoms with Crippen molar-refractivity contribution in [3.63, 3.8) is 0 Å². The third-order valence-corrected chi connectivity index (χ3v) is 3.42. The molecule has 0 saturated heterocycles. The molecule has 1 aromatic rings. The molecular weight excluding hydrogens is 312 g/mol. The van der Waals surface area contributed by atoms with Crippen LogP contribution in [0, 0.1) is 6.92 Å². The smallest absolute Gasteiger partial charge is 0.319 e. The number of hydrogen-bond acceptors (Lipinski definition) is 2. The summed E-state index contributed by atoms with van der Waals surface area (Å²) in [4.78, 5) is 22.5. The molecule has 0 heterocycles. The molecule has 1 rings (SSSR count). The predicted octanol–water partition coefficient (Wildman–Crippen LogP) is 3.13. The molecule has 3 N–H and O–H groups in total. The van der Waals surface area contributed by atoms with Gasteiger partial charge in [-0.05, 0) is 38.5 Å². The van der Waals surface area contributed by atoms with E-state index in [1.54, 1.807) is 19.9 Å².